The van der Waals surface area contributed by atoms with Crippen LogP contribution >= 0.6 is 11.3 Å². The normalized spacial score (nSPS) is 10.5. The van der Waals surface area contributed by atoms with Crippen molar-refractivity contribution in [3.63, 3.8) is 0 Å². The molecule has 0 saturated carbocycles. The monoisotopic (exact) mass is 225 g/mol. The van der Waals surface area contributed by atoms with Crippen LogP contribution in [0.2, 0.25) is 0 Å². The third kappa shape index (κ3) is 1.79. The van der Waals surface area contributed by atoms with Gasteiger partial charge in [0.2, 0.25) is 0 Å². The lowest BCUT2D eigenvalue weighted by atomic mass is 10.1. The zero-order valence-corrected chi connectivity index (χ0v) is 9.50. The van der Waals surface area contributed by atoms with Crippen LogP contribution in [0.15, 0.2) is 60.0 Å². The maximum Gasteiger partial charge on any atom is 0.0926 e. The van der Waals surface area contributed by atoms with Crippen LogP contribution in [0, 0.1) is 0 Å². The van der Waals surface area contributed by atoms with E-state index in [0.717, 1.165) is 5.69 Å². The Bertz CT molecular complexity index is 599. The molecule has 0 aliphatic carbocycles. The average Bonchev–Trinajstić information content (AvgIpc) is 2.82. The van der Waals surface area contributed by atoms with Gasteiger partial charge in [0.1, 0.15) is 0 Å². The number of thiophene rings is 1. The summed E-state index contributed by atoms with van der Waals surface area (Å²) in [5.41, 5.74) is 1.14. The highest BCUT2D eigenvalue weighted by molar-refractivity contribution is 7.14. The van der Waals surface area contributed by atoms with Crippen molar-refractivity contribution in [2.75, 3.05) is 5.32 Å². The second kappa shape index (κ2) is 3.99. The molecule has 0 aliphatic heterocycles. The summed E-state index contributed by atoms with van der Waals surface area (Å²) < 4.78 is 0. The van der Waals surface area contributed by atoms with Crippen molar-refractivity contribution in [2.24, 2.45) is 0 Å². The van der Waals surface area contributed by atoms with Crippen LogP contribution in [0.4, 0.5) is 10.7 Å². The van der Waals surface area contributed by atoms with E-state index in [9.17, 15) is 0 Å². The lowest BCUT2D eigenvalue weighted by Gasteiger charge is -2.05. The molecule has 0 bridgehead atoms. The zero-order valence-electron chi connectivity index (χ0n) is 8.68. The van der Waals surface area contributed by atoms with E-state index in [1.165, 1.54) is 15.8 Å². The molecule has 1 nitrogen and oxygen atoms in total. The first-order chi connectivity index (χ1) is 7.92. The van der Waals surface area contributed by atoms with Crippen molar-refractivity contribution in [3.05, 3.63) is 60.0 Å². The molecule has 1 aromatic heterocycles. The van der Waals surface area contributed by atoms with Crippen LogP contribution in [0.3, 0.4) is 0 Å². The summed E-state index contributed by atoms with van der Waals surface area (Å²) in [4.78, 5) is 0. The smallest absolute Gasteiger partial charge is 0.0926 e. The second-order valence-electron chi connectivity index (χ2n) is 3.66. The minimum atomic E-state index is 1.14. The number of rotatable bonds is 2. The first-order valence-corrected chi connectivity index (χ1v) is 6.09. The molecular weight excluding hydrogens is 214 g/mol. The molecule has 3 rings (SSSR count). The highest BCUT2D eigenvalue weighted by Gasteiger charge is 1.97. The summed E-state index contributed by atoms with van der Waals surface area (Å²) in [5.74, 6) is 0. The zero-order chi connectivity index (χ0) is 10.8. The molecule has 0 unspecified atom stereocenters. The van der Waals surface area contributed by atoms with Gasteiger partial charge in [0.15, 0.2) is 0 Å². The summed E-state index contributed by atoms with van der Waals surface area (Å²) in [6.07, 6.45) is 0. The van der Waals surface area contributed by atoms with Gasteiger partial charge in [0.25, 0.3) is 0 Å². The minimum absolute atomic E-state index is 1.14. The molecule has 3 aromatic rings. The Balaban J connectivity index is 1.99. The molecule has 0 amide bonds. The molecule has 16 heavy (non-hydrogen) atoms. The van der Waals surface area contributed by atoms with E-state index in [1.807, 2.05) is 6.07 Å². The first-order valence-electron chi connectivity index (χ1n) is 5.21. The van der Waals surface area contributed by atoms with Gasteiger partial charge in [0.05, 0.1) is 5.00 Å². The van der Waals surface area contributed by atoms with E-state index in [0.29, 0.717) is 0 Å². The molecule has 2 heteroatoms. The van der Waals surface area contributed by atoms with Gasteiger partial charge in [-0.25, -0.2) is 0 Å². The van der Waals surface area contributed by atoms with Crippen LogP contribution in [-0.2, 0) is 0 Å². The van der Waals surface area contributed by atoms with Crippen LogP contribution in [0.25, 0.3) is 10.8 Å². The topological polar surface area (TPSA) is 12.0 Å². The van der Waals surface area contributed by atoms with E-state index >= 15 is 0 Å². The van der Waals surface area contributed by atoms with Crippen molar-refractivity contribution >= 4 is 32.8 Å². The predicted molar refractivity (Wildman–Crippen MR) is 71.5 cm³/mol. The number of fused-ring (bicyclic) bond motifs is 1. The maximum absolute atomic E-state index is 3.39. The van der Waals surface area contributed by atoms with Gasteiger partial charge in [-0.15, -0.1) is 11.3 Å². The summed E-state index contributed by atoms with van der Waals surface area (Å²) in [7, 11) is 0. The summed E-state index contributed by atoms with van der Waals surface area (Å²) >= 11 is 1.71. The third-order valence-corrected chi connectivity index (χ3v) is 3.32. The largest absolute Gasteiger partial charge is 0.347 e. The molecule has 0 radical (unpaired) electrons. The van der Waals surface area contributed by atoms with Gasteiger partial charge in [-0.05, 0) is 40.4 Å². The highest BCUT2D eigenvalue weighted by atomic mass is 32.1. The van der Waals surface area contributed by atoms with Gasteiger partial charge < -0.3 is 5.32 Å². The average molecular weight is 225 g/mol. The Morgan fingerprint density at radius 1 is 0.812 bits per heavy atom. The highest BCUT2D eigenvalue weighted by Crippen LogP contribution is 2.24. The molecule has 1 N–H and O–H groups in total. The Morgan fingerprint density at radius 3 is 2.50 bits per heavy atom. The van der Waals surface area contributed by atoms with E-state index in [2.05, 4.69) is 59.2 Å². The fourth-order valence-electron chi connectivity index (χ4n) is 1.76. The molecular formula is C14H11NS. The van der Waals surface area contributed by atoms with E-state index in [1.54, 1.807) is 11.3 Å². The summed E-state index contributed by atoms with van der Waals surface area (Å²) in [6.45, 7) is 0. The van der Waals surface area contributed by atoms with Crippen molar-refractivity contribution in [1.29, 1.82) is 0 Å². The Labute approximate surface area is 98.4 Å². The number of anilines is 2. The van der Waals surface area contributed by atoms with E-state index < -0.39 is 0 Å². The number of nitrogens with one attached hydrogen (secondary N) is 1. The summed E-state index contributed by atoms with van der Waals surface area (Å²) in [6, 6.07) is 19.0. The molecule has 2 aromatic carbocycles. The lowest BCUT2D eigenvalue weighted by Crippen LogP contribution is -1.86. The van der Waals surface area contributed by atoms with E-state index in [-0.39, 0.29) is 0 Å². The fraction of sp³-hybridized carbons (Fsp3) is 0. The SMILES string of the molecule is c1csc(Nc2ccc3ccccc3c2)c1. The summed E-state index contributed by atoms with van der Waals surface area (Å²) in [5, 5.41) is 9.19. The van der Waals surface area contributed by atoms with Crippen LogP contribution < -0.4 is 5.32 Å². The van der Waals surface area contributed by atoms with Gasteiger partial charge in [-0.3, -0.25) is 0 Å². The van der Waals surface area contributed by atoms with Crippen LogP contribution in [0.5, 0.6) is 0 Å². The Kier molecular flexibility index (Phi) is 2.35. The number of benzene rings is 2. The van der Waals surface area contributed by atoms with Crippen LogP contribution in [0.1, 0.15) is 0 Å². The van der Waals surface area contributed by atoms with Crippen molar-refractivity contribution in [3.8, 4) is 0 Å². The number of hydrogen-bond acceptors (Lipinski definition) is 2. The molecule has 0 fully saturated rings. The van der Waals surface area contributed by atoms with Crippen molar-refractivity contribution in [2.45, 2.75) is 0 Å². The molecule has 0 aliphatic rings. The van der Waals surface area contributed by atoms with Crippen LogP contribution in [-0.4, -0.2) is 0 Å². The molecule has 1 heterocycles. The van der Waals surface area contributed by atoms with E-state index in [4.69, 9.17) is 0 Å². The quantitative estimate of drug-likeness (QED) is 0.669. The van der Waals surface area contributed by atoms with Gasteiger partial charge >= 0.3 is 0 Å². The van der Waals surface area contributed by atoms with Gasteiger partial charge in [0, 0.05) is 5.69 Å². The minimum Gasteiger partial charge on any atom is -0.347 e. The molecule has 0 atom stereocenters. The fourth-order valence-corrected chi connectivity index (χ4v) is 2.40. The third-order valence-electron chi connectivity index (χ3n) is 2.54. The van der Waals surface area contributed by atoms with Crippen molar-refractivity contribution < 1.29 is 0 Å². The van der Waals surface area contributed by atoms with Gasteiger partial charge in [-0.2, -0.15) is 0 Å². The maximum atomic E-state index is 3.39. The number of hydrogen-bond donors (Lipinski definition) is 1. The first kappa shape index (κ1) is 9.43. The second-order valence-corrected chi connectivity index (χ2v) is 4.61. The Hall–Kier alpha value is -1.80. The van der Waals surface area contributed by atoms with Crippen molar-refractivity contribution in [1.82, 2.24) is 0 Å². The standard InChI is InChI=1S/C14H11NS/c1-2-5-12-10-13(8-7-11(12)4-1)15-14-6-3-9-16-14/h1-10,15H. The molecule has 0 saturated heterocycles. The lowest BCUT2D eigenvalue weighted by molar-refractivity contribution is 1.64. The van der Waals surface area contributed by atoms with Gasteiger partial charge in [-0.1, -0.05) is 30.3 Å². The Morgan fingerprint density at radius 2 is 1.69 bits per heavy atom. The predicted octanol–water partition coefficient (Wildman–Crippen LogP) is 4.64. The molecule has 78 valence electrons. The molecule has 0 spiro atoms.